The molecule has 2 aliphatic heterocycles. The molecule has 1 amide bonds. The summed E-state index contributed by atoms with van der Waals surface area (Å²) >= 11 is 1.50. The number of benzene rings is 2. The normalized spacial score (nSPS) is 15.3. The third kappa shape index (κ3) is 6.05. The standard InChI is InChI=1S/C25H27N3O5S.ClH/c1-2-31-19-5-6-20-23(16-19)34-25(26-20)28(10-9-27-11-13-30-14-12-27)24(29)8-4-18-3-7-21-22(15-18)33-17-32-21;/h3-8,15-16H,2,9-14,17H2,1H3;1H/b8-4+;. The van der Waals surface area contributed by atoms with Crippen LogP contribution in [0.3, 0.4) is 0 Å². The summed E-state index contributed by atoms with van der Waals surface area (Å²) in [7, 11) is 0. The van der Waals surface area contributed by atoms with Crippen LogP contribution in [0.25, 0.3) is 16.3 Å². The number of nitrogens with zero attached hydrogens (tertiary/aromatic N) is 3. The van der Waals surface area contributed by atoms with Gasteiger partial charge >= 0.3 is 0 Å². The Hall–Kier alpha value is -2.85. The first kappa shape index (κ1) is 25.2. The molecule has 186 valence electrons. The maximum atomic E-state index is 13.4. The van der Waals surface area contributed by atoms with E-state index >= 15 is 0 Å². The minimum atomic E-state index is -0.116. The maximum absolute atomic E-state index is 13.4. The van der Waals surface area contributed by atoms with Gasteiger partial charge in [0.15, 0.2) is 16.6 Å². The average Bonchev–Trinajstić information content (AvgIpc) is 3.50. The average molecular weight is 518 g/mol. The zero-order chi connectivity index (χ0) is 23.3. The van der Waals surface area contributed by atoms with Gasteiger partial charge in [-0.1, -0.05) is 17.4 Å². The number of carbonyl (C=O) groups excluding carboxylic acids is 1. The lowest BCUT2D eigenvalue weighted by Gasteiger charge is -2.28. The van der Waals surface area contributed by atoms with Crippen molar-refractivity contribution in [3.63, 3.8) is 0 Å². The largest absolute Gasteiger partial charge is 0.494 e. The summed E-state index contributed by atoms with van der Waals surface area (Å²) in [6, 6.07) is 11.5. The first-order valence-corrected chi connectivity index (χ1v) is 12.2. The molecular formula is C25H28ClN3O5S. The first-order chi connectivity index (χ1) is 16.7. The quantitative estimate of drug-likeness (QED) is 0.414. The molecule has 0 bridgehead atoms. The number of thiazole rings is 1. The summed E-state index contributed by atoms with van der Waals surface area (Å²) in [4.78, 5) is 22.2. The van der Waals surface area contributed by atoms with E-state index in [1.165, 1.54) is 11.3 Å². The van der Waals surface area contributed by atoms with Crippen molar-refractivity contribution in [1.29, 1.82) is 0 Å². The molecule has 2 aromatic carbocycles. The van der Waals surface area contributed by atoms with E-state index in [1.54, 1.807) is 17.1 Å². The lowest BCUT2D eigenvalue weighted by Crippen LogP contribution is -2.42. The highest BCUT2D eigenvalue weighted by molar-refractivity contribution is 7.22. The molecule has 10 heteroatoms. The van der Waals surface area contributed by atoms with Gasteiger partial charge in [-0.05, 0) is 48.9 Å². The van der Waals surface area contributed by atoms with Gasteiger partial charge in [0, 0.05) is 32.3 Å². The van der Waals surface area contributed by atoms with Crippen molar-refractivity contribution >= 4 is 51.1 Å². The molecule has 0 N–H and O–H groups in total. The number of halogens is 1. The van der Waals surface area contributed by atoms with Crippen molar-refractivity contribution in [3.05, 3.63) is 48.0 Å². The molecule has 0 spiro atoms. The Bertz CT molecular complexity index is 1200. The molecule has 2 aliphatic rings. The van der Waals surface area contributed by atoms with E-state index in [1.807, 2.05) is 43.3 Å². The second-order valence-corrected chi connectivity index (χ2v) is 8.96. The number of anilines is 1. The Morgan fingerprint density at radius 3 is 2.83 bits per heavy atom. The van der Waals surface area contributed by atoms with Crippen LogP contribution in [0.1, 0.15) is 12.5 Å². The van der Waals surface area contributed by atoms with Gasteiger partial charge in [-0.25, -0.2) is 4.98 Å². The fraction of sp³-hybridized carbons (Fsp3) is 0.360. The van der Waals surface area contributed by atoms with Gasteiger partial charge in [-0.2, -0.15) is 0 Å². The zero-order valence-corrected chi connectivity index (χ0v) is 21.1. The van der Waals surface area contributed by atoms with Gasteiger partial charge in [-0.15, -0.1) is 12.4 Å². The van der Waals surface area contributed by atoms with E-state index in [2.05, 4.69) is 4.90 Å². The molecular weight excluding hydrogens is 490 g/mol. The van der Waals surface area contributed by atoms with E-state index < -0.39 is 0 Å². The third-order valence-electron chi connectivity index (χ3n) is 5.72. The van der Waals surface area contributed by atoms with Crippen LogP contribution in [0, 0.1) is 0 Å². The summed E-state index contributed by atoms with van der Waals surface area (Å²) in [6.45, 7) is 7.26. The van der Waals surface area contributed by atoms with Crippen molar-refractivity contribution in [3.8, 4) is 17.2 Å². The molecule has 0 saturated carbocycles. The van der Waals surface area contributed by atoms with Crippen LogP contribution < -0.4 is 19.1 Å². The predicted octanol–water partition coefficient (Wildman–Crippen LogP) is 4.22. The summed E-state index contributed by atoms with van der Waals surface area (Å²) < 4.78 is 22.9. The van der Waals surface area contributed by atoms with Crippen molar-refractivity contribution in [1.82, 2.24) is 9.88 Å². The van der Waals surface area contributed by atoms with Crippen LogP contribution in [-0.4, -0.2) is 68.6 Å². The molecule has 1 fully saturated rings. The summed E-state index contributed by atoms with van der Waals surface area (Å²) in [5.74, 6) is 2.10. The smallest absolute Gasteiger partial charge is 0.252 e. The number of amides is 1. The highest BCUT2D eigenvalue weighted by Crippen LogP contribution is 2.34. The number of morpholine rings is 1. The molecule has 0 atom stereocenters. The number of ether oxygens (including phenoxy) is 4. The number of aromatic nitrogens is 1. The fourth-order valence-corrected chi connectivity index (χ4v) is 4.93. The minimum Gasteiger partial charge on any atom is -0.494 e. The molecule has 1 aromatic heterocycles. The van der Waals surface area contributed by atoms with Crippen LogP contribution >= 0.6 is 23.7 Å². The molecule has 0 radical (unpaired) electrons. The molecule has 8 nitrogen and oxygen atoms in total. The van der Waals surface area contributed by atoms with Gasteiger partial charge in [0.25, 0.3) is 5.91 Å². The van der Waals surface area contributed by atoms with Crippen LogP contribution in [-0.2, 0) is 9.53 Å². The minimum absolute atomic E-state index is 0. The Labute approximate surface area is 214 Å². The third-order valence-corrected chi connectivity index (χ3v) is 6.76. The van der Waals surface area contributed by atoms with Gasteiger partial charge < -0.3 is 18.9 Å². The van der Waals surface area contributed by atoms with Gasteiger partial charge in [0.1, 0.15) is 5.75 Å². The number of carbonyl (C=O) groups is 1. The topological polar surface area (TPSA) is 73.4 Å². The molecule has 1 saturated heterocycles. The number of hydrogen-bond acceptors (Lipinski definition) is 8. The number of rotatable bonds is 8. The van der Waals surface area contributed by atoms with Crippen molar-refractivity contribution in [2.75, 3.05) is 57.7 Å². The summed E-state index contributed by atoms with van der Waals surface area (Å²) in [5.41, 5.74) is 1.73. The van der Waals surface area contributed by atoms with Gasteiger partial charge in [0.05, 0.1) is 30.0 Å². The lowest BCUT2D eigenvalue weighted by atomic mass is 10.2. The predicted molar refractivity (Wildman–Crippen MR) is 139 cm³/mol. The monoisotopic (exact) mass is 517 g/mol. The van der Waals surface area contributed by atoms with Crippen molar-refractivity contribution < 1.29 is 23.7 Å². The number of fused-ring (bicyclic) bond motifs is 2. The van der Waals surface area contributed by atoms with E-state index in [0.29, 0.717) is 24.0 Å². The van der Waals surface area contributed by atoms with E-state index in [-0.39, 0.29) is 25.1 Å². The number of hydrogen-bond donors (Lipinski definition) is 0. The Morgan fingerprint density at radius 2 is 2.00 bits per heavy atom. The maximum Gasteiger partial charge on any atom is 0.252 e. The van der Waals surface area contributed by atoms with Crippen LogP contribution in [0.4, 0.5) is 5.13 Å². The molecule has 0 unspecified atom stereocenters. The second kappa shape index (κ2) is 11.7. The second-order valence-electron chi connectivity index (χ2n) is 7.95. The zero-order valence-electron chi connectivity index (χ0n) is 19.5. The lowest BCUT2D eigenvalue weighted by molar-refractivity contribution is -0.114. The van der Waals surface area contributed by atoms with E-state index in [0.717, 1.165) is 60.1 Å². The Morgan fingerprint density at radius 1 is 1.17 bits per heavy atom. The molecule has 0 aliphatic carbocycles. The van der Waals surface area contributed by atoms with Crippen molar-refractivity contribution in [2.45, 2.75) is 6.92 Å². The van der Waals surface area contributed by atoms with E-state index in [4.69, 9.17) is 23.9 Å². The first-order valence-electron chi connectivity index (χ1n) is 11.4. The highest BCUT2D eigenvalue weighted by atomic mass is 35.5. The summed E-state index contributed by atoms with van der Waals surface area (Å²) in [6.07, 6.45) is 3.39. The fourth-order valence-electron chi connectivity index (χ4n) is 3.91. The molecule has 3 aromatic rings. The van der Waals surface area contributed by atoms with Gasteiger partial charge in [-0.3, -0.25) is 14.6 Å². The van der Waals surface area contributed by atoms with Crippen LogP contribution in [0.2, 0.25) is 0 Å². The Balaban J connectivity index is 0.00000289. The summed E-state index contributed by atoms with van der Waals surface area (Å²) in [5, 5.41) is 0.678. The van der Waals surface area contributed by atoms with Crippen LogP contribution in [0.15, 0.2) is 42.5 Å². The van der Waals surface area contributed by atoms with Gasteiger partial charge in [0.2, 0.25) is 6.79 Å². The molecule has 3 heterocycles. The molecule has 35 heavy (non-hydrogen) atoms. The Kier molecular flexibility index (Phi) is 8.46. The SMILES string of the molecule is CCOc1ccc2nc(N(CCN3CCOCC3)C(=O)/C=C/c3ccc4c(c3)OCO4)sc2c1.Cl. The van der Waals surface area contributed by atoms with Crippen LogP contribution in [0.5, 0.6) is 17.2 Å². The van der Waals surface area contributed by atoms with Crippen molar-refractivity contribution in [2.24, 2.45) is 0 Å². The molecule has 5 rings (SSSR count). The highest BCUT2D eigenvalue weighted by Gasteiger charge is 2.21. The van der Waals surface area contributed by atoms with E-state index in [9.17, 15) is 4.79 Å².